The molecule has 0 amide bonds. The summed E-state index contributed by atoms with van der Waals surface area (Å²) in [5, 5.41) is 0. The van der Waals surface area contributed by atoms with E-state index in [-0.39, 0.29) is 0 Å². The number of fused-ring (bicyclic) bond motifs is 1. The van der Waals surface area contributed by atoms with Crippen LogP contribution in [0.2, 0.25) is 0 Å². The number of rotatable bonds is 4. The minimum Gasteiger partial charge on any atom is -0.0654 e. The quantitative estimate of drug-likeness (QED) is 0.618. The van der Waals surface area contributed by atoms with Crippen LogP contribution in [0.1, 0.15) is 66.2 Å². The Bertz CT molecular complexity index is 220. The molecule has 0 radical (unpaired) electrons. The van der Waals surface area contributed by atoms with Gasteiger partial charge in [0.1, 0.15) is 0 Å². The van der Waals surface area contributed by atoms with Crippen molar-refractivity contribution in [2.75, 3.05) is 0 Å². The lowest BCUT2D eigenvalue weighted by molar-refractivity contribution is -0.0138. The van der Waals surface area contributed by atoms with Gasteiger partial charge >= 0.3 is 0 Å². The minimum atomic E-state index is 0.946. The van der Waals surface area contributed by atoms with Gasteiger partial charge in [0.25, 0.3) is 0 Å². The molecule has 0 spiro atoms. The summed E-state index contributed by atoms with van der Waals surface area (Å²) in [5.74, 6) is 6.21. The van der Waals surface area contributed by atoms with Crippen LogP contribution in [0.4, 0.5) is 0 Å². The van der Waals surface area contributed by atoms with E-state index in [1.165, 1.54) is 25.7 Å². The zero-order chi connectivity index (χ0) is 11.7. The second-order valence-electron chi connectivity index (χ2n) is 6.87. The van der Waals surface area contributed by atoms with Crippen molar-refractivity contribution in [1.29, 1.82) is 0 Å². The second-order valence-corrected chi connectivity index (χ2v) is 6.87. The van der Waals surface area contributed by atoms with E-state index in [4.69, 9.17) is 0 Å². The van der Waals surface area contributed by atoms with Gasteiger partial charge in [-0.3, -0.25) is 0 Å². The lowest BCUT2D eigenvalue weighted by atomic mass is 9.54. The van der Waals surface area contributed by atoms with Gasteiger partial charge in [-0.1, -0.05) is 40.5 Å². The Labute approximate surface area is 102 Å². The molecule has 0 aromatic carbocycles. The molecule has 16 heavy (non-hydrogen) atoms. The van der Waals surface area contributed by atoms with Crippen LogP contribution < -0.4 is 0 Å². The van der Waals surface area contributed by atoms with Crippen LogP contribution >= 0.6 is 0 Å². The smallest absolute Gasteiger partial charge is 0.0352 e. The standard InChI is InChI=1S/C16H30/c1-5-6-12(3)13(4)16-10-11(2)9-14-7-8-15(14)16/h11-16H,5-10H2,1-4H3. The fourth-order valence-corrected chi connectivity index (χ4v) is 4.45. The first-order valence-corrected chi connectivity index (χ1v) is 7.63. The molecule has 0 saturated heterocycles. The molecule has 2 rings (SSSR count). The van der Waals surface area contributed by atoms with Crippen LogP contribution in [0.15, 0.2) is 0 Å². The summed E-state index contributed by atoms with van der Waals surface area (Å²) in [4.78, 5) is 0. The third-order valence-corrected chi connectivity index (χ3v) is 5.72. The Hall–Kier alpha value is 0. The Morgan fingerprint density at radius 3 is 2.44 bits per heavy atom. The normalized spacial score (nSPS) is 42.0. The van der Waals surface area contributed by atoms with Crippen molar-refractivity contribution in [2.24, 2.45) is 35.5 Å². The molecule has 2 aliphatic carbocycles. The Balaban J connectivity index is 1.95. The van der Waals surface area contributed by atoms with E-state index in [1.54, 1.807) is 12.8 Å². The van der Waals surface area contributed by atoms with Crippen molar-refractivity contribution in [2.45, 2.75) is 66.2 Å². The zero-order valence-corrected chi connectivity index (χ0v) is 11.7. The average molecular weight is 222 g/mol. The first-order valence-electron chi connectivity index (χ1n) is 7.63. The van der Waals surface area contributed by atoms with Crippen molar-refractivity contribution in [3.63, 3.8) is 0 Å². The van der Waals surface area contributed by atoms with Gasteiger partial charge in [0.15, 0.2) is 0 Å². The minimum absolute atomic E-state index is 0.946. The van der Waals surface area contributed by atoms with E-state index < -0.39 is 0 Å². The van der Waals surface area contributed by atoms with Gasteiger partial charge in [-0.05, 0) is 61.2 Å². The summed E-state index contributed by atoms with van der Waals surface area (Å²) in [7, 11) is 0. The summed E-state index contributed by atoms with van der Waals surface area (Å²) in [6.45, 7) is 9.84. The molecule has 0 N–H and O–H groups in total. The number of hydrogen-bond acceptors (Lipinski definition) is 0. The molecule has 6 unspecified atom stereocenters. The highest BCUT2D eigenvalue weighted by molar-refractivity contribution is 4.94. The van der Waals surface area contributed by atoms with E-state index >= 15 is 0 Å². The first-order chi connectivity index (χ1) is 7.63. The van der Waals surface area contributed by atoms with Gasteiger partial charge in [0.05, 0.1) is 0 Å². The van der Waals surface area contributed by atoms with E-state index in [9.17, 15) is 0 Å². The summed E-state index contributed by atoms with van der Waals surface area (Å²) in [6, 6.07) is 0. The van der Waals surface area contributed by atoms with Crippen molar-refractivity contribution < 1.29 is 0 Å². The molecule has 6 atom stereocenters. The molecule has 0 aromatic rings. The Kier molecular flexibility index (Phi) is 3.97. The molecule has 2 fully saturated rings. The van der Waals surface area contributed by atoms with Crippen molar-refractivity contribution >= 4 is 0 Å². The van der Waals surface area contributed by atoms with Crippen molar-refractivity contribution in [1.82, 2.24) is 0 Å². The number of hydrogen-bond donors (Lipinski definition) is 0. The SMILES string of the molecule is CCCC(C)C(C)C1CC(C)CC2CCC21. The lowest BCUT2D eigenvalue weighted by Gasteiger charge is -2.51. The Morgan fingerprint density at radius 2 is 1.88 bits per heavy atom. The van der Waals surface area contributed by atoms with Gasteiger partial charge in [-0.2, -0.15) is 0 Å². The maximum absolute atomic E-state index is 2.54. The van der Waals surface area contributed by atoms with E-state index in [0.29, 0.717) is 0 Å². The summed E-state index contributed by atoms with van der Waals surface area (Å²) in [6.07, 6.45) is 8.95. The molecule has 94 valence electrons. The third kappa shape index (κ3) is 2.31. The summed E-state index contributed by atoms with van der Waals surface area (Å²) >= 11 is 0. The highest BCUT2D eigenvalue weighted by atomic mass is 14.5. The highest BCUT2D eigenvalue weighted by Gasteiger charge is 2.44. The van der Waals surface area contributed by atoms with Crippen LogP contribution in [0, 0.1) is 35.5 Å². The van der Waals surface area contributed by atoms with Gasteiger partial charge in [-0.25, -0.2) is 0 Å². The Morgan fingerprint density at radius 1 is 1.12 bits per heavy atom. The fraction of sp³-hybridized carbons (Fsp3) is 1.00. The van der Waals surface area contributed by atoms with Crippen LogP contribution in [0.5, 0.6) is 0 Å². The van der Waals surface area contributed by atoms with Gasteiger partial charge in [-0.15, -0.1) is 0 Å². The molecule has 2 aliphatic rings. The van der Waals surface area contributed by atoms with Gasteiger partial charge in [0.2, 0.25) is 0 Å². The third-order valence-electron chi connectivity index (χ3n) is 5.72. The van der Waals surface area contributed by atoms with E-state index in [0.717, 1.165) is 35.5 Å². The van der Waals surface area contributed by atoms with Crippen molar-refractivity contribution in [3.05, 3.63) is 0 Å². The molecule has 0 heteroatoms. The highest BCUT2D eigenvalue weighted by Crippen LogP contribution is 2.53. The summed E-state index contributed by atoms with van der Waals surface area (Å²) < 4.78 is 0. The fourth-order valence-electron chi connectivity index (χ4n) is 4.45. The molecule has 0 bridgehead atoms. The van der Waals surface area contributed by atoms with Crippen LogP contribution in [0.25, 0.3) is 0 Å². The van der Waals surface area contributed by atoms with Crippen molar-refractivity contribution in [3.8, 4) is 0 Å². The van der Waals surface area contributed by atoms with E-state index in [1.807, 2.05) is 0 Å². The molecule has 2 saturated carbocycles. The second kappa shape index (κ2) is 5.10. The summed E-state index contributed by atoms with van der Waals surface area (Å²) in [5.41, 5.74) is 0. The molecule has 0 aliphatic heterocycles. The lowest BCUT2D eigenvalue weighted by Crippen LogP contribution is -2.42. The van der Waals surface area contributed by atoms with Gasteiger partial charge in [0, 0.05) is 0 Å². The predicted molar refractivity (Wildman–Crippen MR) is 71.3 cm³/mol. The molecule has 0 heterocycles. The average Bonchev–Trinajstić information content (AvgIpc) is 2.21. The maximum Gasteiger partial charge on any atom is -0.0352 e. The van der Waals surface area contributed by atoms with E-state index in [2.05, 4.69) is 27.7 Å². The largest absolute Gasteiger partial charge is 0.0654 e. The van der Waals surface area contributed by atoms with Crippen LogP contribution in [0.3, 0.4) is 0 Å². The maximum atomic E-state index is 2.54. The molecular formula is C16H30. The van der Waals surface area contributed by atoms with Gasteiger partial charge < -0.3 is 0 Å². The topological polar surface area (TPSA) is 0 Å². The van der Waals surface area contributed by atoms with Crippen LogP contribution in [-0.2, 0) is 0 Å². The zero-order valence-electron chi connectivity index (χ0n) is 11.7. The first kappa shape index (κ1) is 12.5. The monoisotopic (exact) mass is 222 g/mol. The molecule has 0 nitrogen and oxygen atoms in total. The molecular weight excluding hydrogens is 192 g/mol. The molecule has 0 aromatic heterocycles. The predicted octanol–water partition coefficient (Wildman–Crippen LogP) is 5.13. The van der Waals surface area contributed by atoms with Crippen LogP contribution in [-0.4, -0.2) is 0 Å².